The summed E-state index contributed by atoms with van der Waals surface area (Å²) in [5, 5.41) is 2.24. The average Bonchev–Trinajstić information content (AvgIpc) is 3.03. The van der Waals surface area contributed by atoms with Gasteiger partial charge in [-0.25, -0.2) is 8.42 Å². The summed E-state index contributed by atoms with van der Waals surface area (Å²) >= 11 is 1.24. The predicted octanol–water partition coefficient (Wildman–Crippen LogP) is 4.54. The van der Waals surface area contributed by atoms with Crippen LogP contribution in [0.15, 0.2) is 58.3 Å². The van der Waals surface area contributed by atoms with E-state index in [4.69, 9.17) is 4.74 Å². The molecular formula is C18H13F3N2O3S2. The maximum absolute atomic E-state index is 12.8. The van der Waals surface area contributed by atoms with E-state index in [-0.39, 0.29) is 11.5 Å². The molecular weight excluding hydrogens is 413 g/mol. The molecule has 4 rings (SSSR count). The van der Waals surface area contributed by atoms with Crippen molar-refractivity contribution in [1.82, 2.24) is 4.90 Å². The van der Waals surface area contributed by atoms with Gasteiger partial charge in [0.15, 0.2) is 5.17 Å². The van der Waals surface area contributed by atoms with Crippen LogP contribution < -0.4 is 4.74 Å². The molecule has 0 bridgehead atoms. The number of halogens is 3. The molecule has 0 atom stereocenters. The van der Waals surface area contributed by atoms with Crippen molar-refractivity contribution in [2.75, 3.05) is 12.3 Å². The van der Waals surface area contributed by atoms with E-state index >= 15 is 0 Å². The summed E-state index contributed by atoms with van der Waals surface area (Å²) < 4.78 is 70.9. The third kappa shape index (κ3) is 3.88. The van der Waals surface area contributed by atoms with Crippen molar-refractivity contribution in [1.29, 1.82) is 0 Å². The van der Waals surface area contributed by atoms with E-state index < -0.39 is 21.8 Å². The van der Waals surface area contributed by atoms with Gasteiger partial charge in [0.2, 0.25) is 0 Å². The highest BCUT2D eigenvalue weighted by Crippen LogP contribution is 2.37. The Morgan fingerprint density at radius 3 is 2.54 bits per heavy atom. The number of sulfonamides is 1. The number of nitrogens with zero attached hydrogens (tertiary/aromatic N) is 2. The summed E-state index contributed by atoms with van der Waals surface area (Å²) in [5.41, 5.74) is 0.874. The minimum Gasteiger partial charge on any atom is -0.457 e. The number of thioether (sulfide) groups is 1. The lowest BCUT2D eigenvalue weighted by atomic mass is 10.1. The zero-order chi connectivity index (χ0) is 19.9. The number of hydrogen-bond donors (Lipinski definition) is 0. The van der Waals surface area contributed by atoms with Crippen LogP contribution in [0, 0.1) is 0 Å². The highest BCUT2D eigenvalue weighted by molar-refractivity contribution is 8.17. The Hall–Kier alpha value is -2.46. The number of amidine groups is 1. The van der Waals surface area contributed by atoms with Crippen molar-refractivity contribution in [3.63, 3.8) is 0 Å². The van der Waals surface area contributed by atoms with Crippen LogP contribution in [0.25, 0.3) is 5.70 Å². The summed E-state index contributed by atoms with van der Waals surface area (Å²) in [5.74, 6) is 0.434. The zero-order valence-corrected chi connectivity index (χ0v) is 15.8. The highest BCUT2D eigenvalue weighted by Gasteiger charge is 2.32. The maximum atomic E-state index is 12.8. The monoisotopic (exact) mass is 426 g/mol. The second-order valence-electron chi connectivity index (χ2n) is 6.08. The molecule has 0 radical (unpaired) electrons. The van der Waals surface area contributed by atoms with Crippen molar-refractivity contribution in [3.8, 4) is 11.5 Å². The van der Waals surface area contributed by atoms with E-state index in [1.54, 1.807) is 24.3 Å². The molecule has 0 spiro atoms. The fraction of sp³-hybridized carbons (Fsp3) is 0.167. The highest BCUT2D eigenvalue weighted by atomic mass is 32.2. The van der Waals surface area contributed by atoms with Gasteiger partial charge in [-0.3, -0.25) is 0 Å². The number of hydrogen-bond acceptors (Lipinski definition) is 5. The minimum absolute atomic E-state index is 0.0505. The molecule has 0 unspecified atom stereocenters. The fourth-order valence-electron chi connectivity index (χ4n) is 2.79. The van der Waals surface area contributed by atoms with Gasteiger partial charge < -0.3 is 9.64 Å². The van der Waals surface area contributed by atoms with Crippen LogP contribution in [0.4, 0.5) is 13.2 Å². The molecule has 0 aliphatic carbocycles. The van der Waals surface area contributed by atoms with Crippen molar-refractivity contribution in [2.45, 2.75) is 6.18 Å². The lowest BCUT2D eigenvalue weighted by Gasteiger charge is -2.25. The standard InChI is InChI=1S/C18H13F3N2O3S2/c19-18(20,21)13-2-1-3-15(10-13)26-14-6-4-12(5-7-14)16-11-27-17-22-28(24,25)9-8-23(16)17/h1-7,10-11H,8-9H2. The van der Waals surface area contributed by atoms with Crippen LogP contribution in [0.2, 0.25) is 0 Å². The maximum Gasteiger partial charge on any atom is 0.416 e. The van der Waals surface area contributed by atoms with Crippen LogP contribution in [0.3, 0.4) is 0 Å². The van der Waals surface area contributed by atoms with E-state index in [0.717, 1.165) is 23.4 Å². The minimum atomic E-state index is -4.43. The van der Waals surface area contributed by atoms with Gasteiger partial charge in [-0.15, -0.1) is 4.40 Å². The molecule has 0 saturated carbocycles. The summed E-state index contributed by atoms with van der Waals surface area (Å²) in [4.78, 5) is 1.83. The molecule has 0 aromatic heterocycles. The van der Waals surface area contributed by atoms with Crippen LogP contribution in [0.5, 0.6) is 11.5 Å². The van der Waals surface area contributed by atoms with Crippen LogP contribution in [-0.2, 0) is 16.2 Å². The molecule has 0 fully saturated rings. The van der Waals surface area contributed by atoms with Gasteiger partial charge in [0.05, 0.1) is 17.0 Å². The third-order valence-corrected chi connectivity index (χ3v) is 6.26. The quantitative estimate of drug-likeness (QED) is 0.721. The average molecular weight is 426 g/mol. The summed E-state index contributed by atoms with van der Waals surface area (Å²) in [7, 11) is -3.41. The molecule has 28 heavy (non-hydrogen) atoms. The Balaban J connectivity index is 1.51. The Bertz CT molecular complexity index is 1080. The molecule has 2 aliphatic rings. The second kappa shape index (κ2) is 6.85. The lowest BCUT2D eigenvalue weighted by molar-refractivity contribution is -0.137. The van der Waals surface area contributed by atoms with Gasteiger partial charge in [0.1, 0.15) is 11.5 Å². The first kappa shape index (κ1) is 18.9. The molecule has 146 valence electrons. The van der Waals surface area contributed by atoms with Crippen molar-refractivity contribution in [2.24, 2.45) is 4.40 Å². The van der Waals surface area contributed by atoms with Crippen LogP contribution in [0.1, 0.15) is 11.1 Å². The summed E-state index contributed by atoms with van der Waals surface area (Å²) in [6.07, 6.45) is -4.43. The molecule has 2 heterocycles. The molecule has 2 aliphatic heterocycles. The number of benzene rings is 2. The molecule has 0 amide bonds. The van der Waals surface area contributed by atoms with E-state index in [2.05, 4.69) is 4.40 Å². The molecule has 2 aromatic carbocycles. The molecule has 10 heteroatoms. The van der Waals surface area contributed by atoms with Gasteiger partial charge >= 0.3 is 6.18 Å². The lowest BCUT2D eigenvalue weighted by Crippen LogP contribution is -2.34. The SMILES string of the molecule is O=S1(=O)CCN2C(c3ccc(Oc4cccc(C(F)(F)F)c4)cc3)=CSC2=N1. The first-order chi connectivity index (χ1) is 13.2. The van der Waals surface area contributed by atoms with Gasteiger partial charge in [0, 0.05) is 12.0 Å². The number of alkyl halides is 3. The number of ether oxygens (including phenoxy) is 1. The second-order valence-corrected chi connectivity index (χ2v) is 8.68. The normalized spacial score (nSPS) is 18.3. The van der Waals surface area contributed by atoms with Crippen LogP contribution in [-0.4, -0.2) is 30.8 Å². The summed E-state index contributed by atoms with van der Waals surface area (Å²) in [6, 6.07) is 11.5. The number of fused-ring (bicyclic) bond motifs is 1. The van der Waals surface area contributed by atoms with E-state index in [0.29, 0.717) is 17.5 Å². The molecule has 2 aromatic rings. The third-order valence-electron chi connectivity index (χ3n) is 4.13. The largest absolute Gasteiger partial charge is 0.457 e. The van der Waals surface area contributed by atoms with Gasteiger partial charge in [0.25, 0.3) is 10.0 Å². The van der Waals surface area contributed by atoms with Gasteiger partial charge in [-0.2, -0.15) is 13.2 Å². The Kier molecular flexibility index (Phi) is 4.62. The topological polar surface area (TPSA) is 59.0 Å². The summed E-state index contributed by atoms with van der Waals surface area (Å²) in [6.45, 7) is 0.322. The predicted molar refractivity (Wildman–Crippen MR) is 101 cm³/mol. The van der Waals surface area contributed by atoms with Crippen molar-refractivity contribution >= 4 is 32.6 Å². The Morgan fingerprint density at radius 2 is 1.82 bits per heavy atom. The van der Waals surface area contributed by atoms with E-state index in [9.17, 15) is 21.6 Å². The first-order valence-electron chi connectivity index (χ1n) is 8.14. The van der Waals surface area contributed by atoms with Crippen molar-refractivity contribution in [3.05, 3.63) is 65.1 Å². The van der Waals surface area contributed by atoms with Crippen LogP contribution >= 0.6 is 11.8 Å². The molecule has 0 N–H and O–H groups in total. The molecule has 5 nitrogen and oxygen atoms in total. The molecule has 0 saturated heterocycles. The fourth-order valence-corrected chi connectivity index (χ4v) is 4.94. The zero-order valence-electron chi connectivity index (χ0n) is 14.2. The van der Waals surface area contributed by atoms with Gasteiger partial charge in [-0.1, -0.05) is 17.8 Å². The van der Waals surface area contributed by atoms with Crippen molar-refractivity contribution < 1.29 is 26.3 Å². The smallest absolute Gasteiger partial charge is 0.416 e. The Morgan fingerprint density at radius 1 is 1.07 bits per heavy atom. The Labute approximate surface area is 163 Å². The van der Waals surface area contributed by atoms with E-state index in [1.807, 2.05) is 10.3 Å². The number of rotatable bonds is 3. The first-order valence-corrected chi connectivity index (χ1v) is 10.6. The van der Waals surface area contributed by atoms with Gasteiger partial charge in [-0.05, 0) is 48.0 Å². The van der Waals surface area contributed by atoms with E-state index in [1.165, 1.54) is 23.9 Å².